The molecule has 0 aliphatic rings. The molecule has 7 nitrogen and oxygen atoms in total. The molecule has 0 spiro atoms. The van der Waals surface area contributed by atoms with Gasteiger partial charge in [-0.1, -0.05) is 50.2 Å². The Hall–Kier alpha value is -3.74. The number of amides is 2. The topological polar surface area (TPSA) is 93.2 Å². The summed E-state index contributed by atoms with van der Waals surface area (Å²) in [6.07, 6.45) is 2.58. The highest BCUT2D eigenvalue weighted by molar-refractivity contribution is 5.99. The zero-order valence-electron chi connectivity index (χ0n) is 19.0. The summed E-state index contributed by atoms with van der Waals surface area (Å²) in [5, 5.41) is 5.61. The van der Waals surface area contributed by atoms with Gasteiger partial charge in [0, 0.05) is 24.5 Å². The van der Waals surface area contributed by atoms with Crippen molar-refractivity contribution in [3.05, 3.63) is 83.9 Å². The average Bonchev–Trinajstić information content (AvgIpc) is 2.83. The first kappa shape index (κ1) is 24.5. The number of benzene rings is 1. The summed E-state index contributed by atoms with van der Waals surface area (Å²) in [4.78, 5) is 33.2. The van der Waals surface area contributed by atoms with Crippen molar-refractivity contribution < 1.29 is 14.3 Å². The summed E-state index contributed by atoms with van der Waals surface area (Å²) in [5.74, 6) is -0.293. The molecule has 0 saturated heterocycles. The second-order valence-electron chi connectivity index (χ2n) is 6.87. The average molecular weight is 435 g/mol. The molecule has 2 amide bonds. The summed E-state index contributed by atoms with van der Waals surface area (Å²) >= 11 is 0. The largest absolute Gasteiger partial charge is 0.447 e. The minimum absolute atomic E-state index is 0.201. The number of pyridine rings is 2. The standard InChI is InChI=1S/C23H24N4O3.C2H6/c1-16(2)30-23(29)27-14-17-8-3-4-10-19(17)20-11-7-13-25-21(20)22(28)26-15-18-9-5-6-12-24-18;1-2/h3-13,16H,14-15H2,1-2H3,(H,26,28)(H,27,29);1-2H3. The minimum Gasteiger partial charge on any atom is -0.447 e. The van der Waals surface area contributed by atoms with Gasteiger partial charge in [-0.3, -0.25) is 14.8 Å². The number of rotatable bonds is 7. The number of hydrogen-bond acceptors (Lipinski definition) is 5. The summed E-state index contributed by atoms with van der Waals surface area (Å²) in [6.45, 7) is 8.16. The number of nitrogens with zero attached hydrogens (tertiary/aromatic N) is 2. The third-order valence-electron chi connectivity index (χ3n) is 4.25. The van der Waals surface area contributed by atoms with Gasteiger partial charge in [0.25, 0.3) is 5.91 Å². The second-order valence-corrected chi connectivity index (χ2v) is 6.87. The number of hydrogen-bond donors (Lipinski definition) is 2. The molecule has 2 N–H and O–H groups in total. The van der Waals surface area contributed by atoms with Crippen molar-refractivity contribution in [1.82, 2.24) is 20.6 Å². The van der Waals surface area contributed by atoms with Gasteiger partial charge in [0.1, 0.15) is 5.69 Å². The van der Waals surface area contributed by atoms with E-state index in [2.05, 4.69) is 20.6 Å². The van der Waals surface area contributed by atoms with Gasteiger partial charge < -0.3 is 15.4 Å². The van der Waals surface area contributed by atoms with E-state index in [4.69, 9.17) is 4.74 Å². The number of ether oxygens (including phenoxy) is 1. The fourth-order valence-corrected chi connectivity index (χ4v) is 2.92. The van der Waals surface area contributed by atoms with Crippen LogP contribution in [0.15, 0.2) is 67.0 Å². The van der Waals surface area contributed by atoms with Crippen LogP contribution in [0.4, 0.5) is 4.79 Å². The molecule has 168 valence electrons. The molecule has 0 atom stereocenters. The second kappa shape index (κ2) is 12.8. The lowest BCUT2D eigenvalue weighted by Gasteiger charge is -2.14. The van der Waals surface area contributed by atoms with Crippen molar-refractivity contribution in [3.8, 4) is 11.1 Å². The molecule has 3 rings (SSSR count). The van der Waals surface area contributed by atoms with Crippen molar-refractivity contribution in [2.45, 2.75) is 46.9 Å². The van der Waals surface area contributed by atoms with Crippen LogP contribution in [0.3, 0.4) is 0 Å². The molecule has 0 aliphatic heterocycles. The van der Waals surface area contributed by atoms with E-state index < -0.39 is 6.09 Å². The van der Waals surface area contributed by atoms with E-state index in [1.807, 2.05) is 62.4 Å². The van der Waals surface area contributed by atoms with Crippen molar-refractivity contribution in [3.63, 3.8) is 0 Å². The Morgan fingerprint density at radius 2 is 1.53 bits per heavy atom. The van der Waals surface area contributed by atoms with Gasteiger partial charge in [-0.05, 0) is 43.2 Å². The molecule has 2 aromatic heterocycles. The van der Waals surface area contributed by atoms with Gasteiger partial charge in [0.2, 0.25) is 0 Å². The SMILES string of the molecule is CC.CC(C)OC(=O)NCc1ccccc1-c1cccnc1C(=O)NCc1ccccn1. The molecule has 2 heterocycles. The Kier molecular flexibility index (Phi) is 9.84. The van der Waals surface area contributed by atoms with E-state index in [9.17, 15) is 9.59 Å². The molecule has 1 aromatic carbocycles. The Balaban J connectivity index is 0.00000176. The molecule has 0 radical (unpaired) electrons. The maximum absolute atomic E-state index is 12.8. The van der Waals surface area contributed by atoms with Gasteiger partial charge >= 0.3 is 6.09 Å². The summed E-state index contributed by atoms with van der Waals surface area (Å²) in [6, 6.07) is 16.7. The number of carbonyl (C=O) groups excluding carboxylic acids is 2. The summed E-state index contributed by atoms with van der Waals surface area (Å²) in [7, 11) is 0. The van der Waals surface area contributed by atoms with Crippen LogP contribution < -0.4 is 10.6 Å². The fraction of sp³-hybridized carbons (Fsp3) is 0.280. The van der Waals surface area contributed by atoms with Crippen LogP contribution in [-0.2, 0) is 17.8 Å². The van der Waals surface area contributed by atoms with Crippen molar-refractivity contribution in [1.29, 1.82) is 0 Å². The highest BCUT2D eigenvalue weighted by Gasteiger charge is 2.17. The van der Waals surface area contributed by atoms with Crippen molar-refractivity contribution >= 4 is 12.0 Å². The van der Waals surface area contributed by atoms with Crippen LogP contribution in [0.1, 0.15) is 49.4 Å². The van der Waals surface area contributed by atoms with Gasteiger partial charge in [0.15, 0.2) is 0 Å². The normalized spacial score (nSPS) is 10.0. The maximum atomic E-state index is 12.8. The zero-order valence-corrected chi connectivity index (χ0v) is 19.0. The van der Waals surface area contributed by atoms with E-state index in [0.717, 1.165) is 16.8 Å². The Morgan fingerprint density at radius 1 is 0.844 bits per heavy atom. The highest BCUT2D eigenvalue weighted by atomic mass is 16.6. The quantitative estimate of drug-likeness (QED) is 0.560. The van der Waals surface area contributed by atoms with Gasteiger partial charge in [-0.2, -0.15) is 0 Å². The van der Waals surface area contributed by atoms with Crippen LogP contribution in [0.2, 0.25) is 0 Å². The predicted molar refractivity (Wildman–Crippen MR) is 125 cm³/mol. The molecule has 0 unspecified atom stereocenters. The third-order valence-corrected chi connectivity index (χ3v) is 4.25. The van der Waals surface area contributed by atoms with Gasteiger partial charge in [-0.25, -0.2) is 4.79 Å². The molecule has 0 bridgehead atoms. The fourth-order valence-electron chi connectivity index (χ4n) is 2.92. The molecular weight excluding hydrogens is 404 g/mol. The van der Waals surface area contributed by atoms with Crippen molar-refractivity contribution in [2.24, 2.45) is 0 Å². The first-order chi connectivity index (χ1) is 15.5. The first-order valence-electron chi connectivity index (χ1n) is 10.7. The number of aromatic nitrogens is 2. The van der Waals surface area contributed by atoms with Crippen LogP contribution in [0, 0.1) is 0 Å². The smallest absolute Gasteiger partial charge is 0.407 e. The Morgan fingerprint density at radius 3 is 2.25 bits per heavy atom. The molecule has 3 aromatic rings. The molecule has 0 fully saturated rings. The van der Waals surface area contributed by atoms with Crippen LogP contribution in [0.25, 0.3) is 11.1 Å². The van der Waals surface area contributed by atoms with E-state index in [-0.39, 0.29) is 18.6 Å². The number of alkyl carbamates (subject to hydrolysis) is 1. The molecule has 32 heavy (non-hydrogen) atoms. The monoisotopic (exact) mass is 434 g/mol. The van der Waals surface area contributed by atoms with E-state index >= 15 is 0 Å². The minimum atomic E-state index is -0.487. The Labute approximate surface area is 189 Å². The molecule has 0 aliphatic carbocycles. The van der Waals surface area contributed by atoms with Crippen molar-refractivity contribution in [2.75, 3.05) is 0 Å². The Bertz CT molecular complexity index is 1010. The highest BCUT2D eigenvalue weighted by Crippen LogP contribution is 2.26. The molecular formula is C25H30N4O3. The zero-order chi connectivity index (χ0) is 23.3. The lowest BCUT2D eigenvalue weighted by molar-refractivity contribution is 0.0945. The van der Waals surface area contributed by atoms with Crippen LogP contribution in [-0.4, -0.2) is 28.1 Å². The van der Waals surface area contributed by atoms with E-state index in [1.54, 1.807) is 32.3 Å². The van der Waals surface area contributed by atoms with Gasteiger partial charge in [-0.15, -0.1) is 0 Å². The van der Waals surface area contributed by atoms with E-state index in [0.29, 0.717) is 17.8 Å². The predicted octanol–water partition coefficient (Wildman–Crippen LogP) is 4.73. The maximum Gasteiger partial charge on any atom is 0.407 e. The van der Waals surface area contributed by atoms with Gasteiger partial charge in [0.05, 0.1) is 18.3 Å². The number of carbonyl (C=O) groups is 2. The number of nitrogens with one attached hydrogen (secondary N) is 2. The van der Waals surface area contributed by atoms with E-state index in [1.165, 1.54) is 0 Å². The van der Waals surface area contributed by atoms with Crippen LogP contribution >= 0.6 is 0 Å². The van der Waals surface area contributed by atoms with Crippen LogP contribution in [0.5, 0.6) is 0 Å². The first-order valence-corrected chi connectivity index (χ1v) is 10.7. The third kappa shape index (κ3) is 7.19. The summed E-state index contributed by atoms with van der Waals surface area (Å²) in [5.41, 5.74) is 3.43. The molecule has 0 saturated carbocycles. The summed E-state index contributed by atoms with van der Waals surface area (Å²) < 4.78 is 5.12. The molecule has 7 heteroatoms. The lowest BCUT2D eigenvalue weighted by atomic mass is 9.98. The lowest BCUT2D eigenvalue weighted by Crippen LogP contribution is -2.27.